The van der Waals surface area contributed by atoms with Crippen molar-refractivity contribution in [3.8, 4) is 5.75 Å². The third-order valence-corrected chi connectivity index (χ3v) is 7.11. The summed E-state index contributed by atoms with van der Waals surface area (Å²) in [5, 5.41) is 5.47. The van der Waals surface area contributed by atoms with Gasteiger partial charge in [-0.1, -0.05) is 12.5 Å². The predicted octanol–water partition coefficient (Wildman–Crippen LogP) is 2.83. The number of nitrogens with one attached hydrogen (secondary N) is 2. The summed E-state index contributed by atoms with van der Waals surface area (Å²) in [6, 6.07) is 11.0. The SMILES string of the molecule is CC1Oc2ccc(NC(=O)c3cccc(S(=O)(=O)N4CCCCC4)c3)cc2NC1=O. The number of sulfonamides is 1. The number of piperidine rings is 1. The number of ether oxygens (including phenoxy) is 1. The monoisotopic (exact) mass is 429 g/mol. The van der Waals surface area contributed by atoms with E-state index in [4.69, 9.17) is 4.74 Å². The van der Waals surface area contributed by atoms with E-state index in [2.05, 4.69) is 10.6 Å². The van der Waals surface area contributed by atoms with Crippen LogP contribution >= 0.6 is 0 Å². The van der Waals surface area contributed by atoms with Gasteiger partial charge in [-0.15, -0.1) is 0 Å². The van der Waals surface area contributed by atoms with Crippen molar-refractivity contribution in [3.05, 3.63) is 48.0 Å². The van der Waals surface area contributed by atoms with Gasteiger partial charge in [0.2, 0.25) is 10.0 Å². The van der Waals surface area contributed by atoms with E-state index in [1.54, 1.807) is 37.3 Å². The number of rotatable bonds is 4. The molecule has 2 heterocycles. The van der Waals surface area contributed by atoms with Crippen molar-refractivity contribution >= 4 is 33.2 Å². The Hall–Kier alpha value is -2.91. The second-order valence-electron chi connectivity index (χ2n) is 7.41. The molecule has 0 aromatic heterocycles. The zero-order valence-electron chi connectivity index (χ0n) is 16.6. The molecule has 0 aliphatic carbocycles. The second-order valence-corrected chi connectivity index (χ2v) is 9.34. The van der Waals surface area contributed by atoms with Crippen molar-refractivity contribution in [1.29, 1.82) is 0 Å². The van der Waals surface area contributed by atoms with Gasteiger partial charge in [0.15, 0.2) is 6.10 Å². The first-order valence-electron chi connectivity index (χ1n) is 9.88. The van der Waals surface area contributed by atoms with E-state index in [9.17, 15) is 18.0 Å². The van der Waals surface area contributed by atoms with Crippen LogP contribution in [0.2, 0.25) is 0 Å². The molecule has 2 N–H and O–H groups in total. The molecule has 2 aliphatic rings. The van der Waals surface area contributed by atoms with Crippen LogP contribution in [-0.4, -0.2) is 43.7 Å². The van der Waals surface area contributed by atoms with Crippen LogP contribution < -0.4 is 15.4 Å². The smallest absolute Gasteiger partial charge is 0.265 e. The fourth-order valence-electron chi connectivity index (χ4n) is 3.54. The Morgan fingerprint density at radius 3 is 2.67 bits per heavy atom. The van der Waals surface area contributed by atoms with E-state index < -0.39 is 22.0 Å². The Morgan fingerprint density at radius 1 is 1.13 bits per heavy atom. The van der Waals surface area contributed by atoms with Crippen molar-refractivity contribution in [2.75, 3.05) is 23.7 Å². The van der Waals surface area contributed by atoms with Crippen molar-refractivity contribution < 1.29 is 22.7 Å². The minimum Gasteiger partial charge on any atom is -0.479 e. The highest BCUT2D eigenvalue weighted by molar-refractivity contribution is 7.89. The lowest BCUT2D eigenvalue weighted by Gasteiger charge is -2.26. The first kappa shape index (κ1) is 20.4. The van der Waals surface area contributed by atoms with Gasteiger partial charge in [-0.2, -0.15) is 4.31 Å². The first-order valence-corrected chi connectivity index (χ1v) is 11.3. The Labute approximate surface area is 175 Å². The highest BCUT2D eigenvalue weighted by atomic mass is 32.2. The molecule has 1 atom stereocenters. The van der Waals surface area contributed by atoms with E-state index in [1.807, 2.05) is 0 Å². The molecule has 9 heteroatoms. The average molecular weight is 429 g/mol. The molecule has 4 rings (SSSR count). The van der Waals surface area contributed by atoms with Crippen molar-refractivity contribution in [1.82, 2.24) is 4.31 Å². The number of carbonyl (C=O) groups excluding carboxylic acids is 2. The van der Waals surface area contributed by atoms with Gasteiger partial charge in [-0.25, -0.2) is 8.42 Å². The molecule has 1 fully saturated rings. The lowest BCUT2D eigenvalue weighted by molar-refractivity contribution is -0.122. The van der Waals surface area contributed by atoms with Crippen LogP contribution in [-0.2, 0) is 14.8 Å². The van der Waals surface area contributed by atoms with Crippen LogP contribution in [0.5, 0.6) is 5.75 Å². The highest BCUT2D eigenvalue weighted by Gasteiger charge is 2.27. The topological polar surface area (TPSA) is 105 Å². The zero-order chi connectivity index (χ0) is 21.3. The van der Waals surface area contributed by atoms with Gasteiger partial charge in [0.1, 0.15) is 5.75 Å². The normalized spacial score (nSPS) is 19.4. The number of hydrogen-bond acceptors (Lipinski definition) is 5. The number of carbonyl (C=O) groups is 2. The van der Waals surface area contributed by atoms with Crippen LogP contribution in [0.25, 0.3) is 0 Å². The largest absolute Gasteiger partial charge is 0.479 e. The predicted molar refractivity (Wildman–Crippen MR) is 112 cm³/mol. The van der Waals surface area contributed by atoms with Gasteiger partial charge in [0.25, 0.3) is 11.8 Å². The Balaban J connectivity index is 1.53. The van der Waals surface area contributed by atoms with Gasteiger partial charge in [-0.05, 0) is 56.2 Å². The second kappa shape index (κ2) is 8.08. The summed E-state index contributed by atoms with van der Waals surface area (Å²) in [6.45, 7) is 2.65. The molecule has 0 spiro atoms. The van der Waals surface area contributed by atoms with Crippen LogP contribution in [0.15, 0.2) is 47.4 Å². The summed E-state index contributed by atoms with van der Waals surface area (Å²) in [5.41, 5.74) is 1.17. The van der Waals surface area contributed by atoms with Crippen LogP contribution in [0, 0.1) is 0 Å². The number of hydrogen-bond donors (Lipinski definition) is 2. The molecule has 8 nitrogen and oxygen atoms in total. The summed E-state index contributed by atoms with van der Waals surface area (Å²) in [7, 11) is -3.63. The molecule has 0 saturated carbocycles. The number of anilines is 2. The highest BCUT2D eigenvalue weighted by Crippen LogP contribution is 2.32. The number of amides is 2. The van der Waals surface area contributed by atoms with Gasteiger partial charge < -0.3 is 15.4 Å². The molecule has 0 radical (unpaired) electrons. The molecule has 2 aromatic rings. The zero-order valence-corrected chi connectivity index (χ0v) is 17.4. The summed E-state index contributed by atoms with van der Waals surface area (Å²) in [5.74, 6) is -0.182. The molecule has 0 bridgehead atoms. The van der Waals surface area contributed by atoms with E-state index in [1.165, 1.54) is 16.4 Å². The van der Waals surface area contributed by atoms with Gasteiger partial charge >= 0.3 is 0 Å². The third-order valence-electron chi connectivity index (χ3n) is 5.22. The lowest BCUT2D eigenvalue weighted by Crippen LogP contribution is -2.35. The molecule has 1 saturated heterocycles. The molecular formula is C21H23N3O5S. The fraction of sp³-hybridized carbons (Fsp3) is 0.333. The molecule has 2 amide bonds. The van der Waals surface area contributed by atoms with Crippen molar-refractivity contribution in [2.24, 2.45) is 0 Å². The van der Waals surface area contributed by atoms with E-state index in [0.29, 0.717) is 30.2 Å². The summed E-state index contributed by atoms with van der Waals surface area (Å²) >= 11 is 0. The van der Waals surface area contributed by atoms with Crippen LogP contribution in [0.1, 0.15) is 36.5 Å². The van der Waals surface area contributed by atoms with E-state index in [-0.39, 0.29) is 16.4 Å². The summed E-state index contributed by atoms with van der Waals surface area (Å²) in [6.07, 6.45) is 2.13. The standard InChI is InChI=1S/C21H23N3O5S/c1-14-20(25)23-18-13-16(8-9-19(18)29-14)22-21(26)15-6-5-7-17(12-15)30(27,28)24-10-3-2-4-11-24/h5-9,12-14H,2-4,10-11H2,1H3,(H,22,26)(H,23,25). The van der Waals surface area contributed by atoms with Gasteiger partial charge in [0.05, 0.1) is 10.6 Å². The molecule has 158 valence electrons. The van der Waals surface area contributed by atoms with Crippen molar-refractivity contribution in [2.45, 2.75) is 37.2 Å². The van der Waals surface area contributed by atoms with Gasteiger partial charge in [0, 0.05) is 24.3 Å². The Bertz CT molecular complexity index is 1090. The maximum atomic E-state index is 12.9. The molecule has 1 unspecified atom stereocenters. The number of fused-ring (bicyclic) bond motifs is 1. The number of benzene rings is 2. The van der Waals surface area contributed by atoms with Crippen molar-refractivity contribution in [3.63, 3.8) is 0 Å². The molecule has 30 heavy (non-hydrogen) atoms. The molecular weight excluding hydrogens is 406 g/mol. The molecule has 2 aliphatic heterocycles. The first-order chi connectivity index (χ1) is 14.3. The summed E-state index contributed by atoms with van der Waals surface area (Å²) in [4.78, 5) is 24.6. The number of nitrogens with zero attached hydrogens (tertiary/aromatic N) is 1. The molecule has 2 aromatic carbocycles. The van der Waals surface area contributed by atoms with Gasteiger partial charge in [-0.3, -0.25) is 9.59 Å². The van der Waals surface area contributed by atoms with Crippen LogP contribution in [0.4, 0.5) is 11.4 Å². The fourth-order valence-corrected chi connectivity index (χ4v) is 5.11. The maximum absolute atomic E-state index is 12.9. The Kier molecular flexibility index (Phi) is 5.48. The third kappa shape index (κ3) is 4.03. The average Bonchev–Trinajstić information content (AvgIpc) is 2.75. The summed E-state index contributed by atoms with van der Waals surface area (Å²) < 4.78 is 32.7. The van der Waals surface area contributed by atoms with Crippen LogP contribution in [0.3, 0.4) is 0 Å². The lowest BCUT2D eigenvalue weighted by atomic mass is 10.2. The minimum atomic E-state index is -3.63. The van der Waals surface area contributed by atoms with E-state index in [0.717, 1.165) is 19.3 Å². The van der Waals surface area contributed by atoms with E-state index >= 15 is 0 Å². The Morgan fingerprint density at radius 2 is 1.90 bits per heavy atom. The maximum Gasteiger partial charge on any atom is 0.265 e. The quantitative estimate of drug-likeness (QED) is 0.778. The minimum absolute atomic E-state index is 0.108.